The Hall–Kier alpha value is -5.16. The van der Waals surface area contributed by atoms with E-state index in [1.165, 1.54) is 6.33 Å². The zero-order valence-corrected chi connectivity index (χ0v) is 24.1. The van der Waals surface area contributed by atoms with E-state index in [1.807, 2.05) is 71.5 Å². The lowest BCUT2D eigenvalue weighted by Crippen LogP contribution is -2.39. The predicted octanol–water partition coefficient (Wildman–Crippen LogP) is 4.62. The second kappa shape index (κ2) is 11.8. The van der Waals surface area contributed by atoms with Gasteiger partial charge in [0, 0.05) is 44.0 Å². The fourth-order valence-electron chi connectivity index (χ4n) is 6.13. The Morgan fingerprint density at radius 3 is 2.48 bits per heavy atom. The monoisotopic (exact) mass is 588 g/mol. The summed E-state index contributed by atoms with van der Waals surface area (Å²) in [5.41, 5.74) is 10.7. The van der Waals surface area contributed by atoms with Gasteiger partial charge in [-0.2, -0.15) is 5.10 Å². The van der Waals surface area contributed by atoms with Gasteiger partial charge in [-0.25, -0.2) is 14.6 Å². The number of ether oxygens (including phenoxy) is 1. The number of amides is 2. The van der Waals surface area contributed by atoms with E-state index in [0.717, 1.165) is 77.4 Å². The second-order valence-electron chi connectivity index (χ2n) is 11.3. The third-order valence-corrected chi connectivity index (χ3v) is 8.39. The van der Waals surface area contributed by atoms with Crippen LogP contribution in [0.1, 0.15) is 48.8 Å². The van der Waals surface area contributed by atoms with E-state index in [1.54, 1.807) is 6.20 Å². The number of hydrogen-bond acceptors (Lipinski definition) is 9. The van der Waals surface area contributed by atoms with Crippen LogP contribution in [-0.2, 0) is 16.1 Å². The van der Waals surface area contributed by atoms with Crippen LogP contribution < -0.4 is 15.8 Å². The van der Waals surface area contributed by atoms with E-state index in [0.29, 0.717) is 18.7 Å². The number of likely N-dealkylation sites (tertiary alicyclic amines) is 1. The average molecular weight is 589 g/mol. The van der Waals surface area contributed by atoms with Crippen LogP contribution in [0, 0.1) is 0 Å². The number of rotatable bonds is 7. The minimum Gasteiger partial charge on any atom is -0.457 e. The number of benzene rings is 2. The molecule has 0 bridgehead atoms. The molecule has 2 saturated heterocycles. The van der Waals surface area contributed by atoms with E-state index >= 15 is 0 Å². The number of anilines is 1. The Morgan fingerprint density at radius 1 is 0.932 bits per heavy atom. The molecule has 2 aromatic carbocycles. The number of imide groups is 1. The number of nitrogens with one attached hydrogen (secondary N) is 1. The van der Waals surface area contributed by atoms with Crippen molar-refractivity contribution < 1.29 is 14.3 Å². The van der Waals surface area contributed by atoms with Crippen LogP contribution in [0.25, 0.3) is 22.3 Å². The molecule has 2 aliphatic rings. The van der Waals surface area contributed by atoms with E-state index in [9.17, 15) is 9.59 Å². The number of carbonyl (C=O) groups is 2. The standard InChI is InChI=1S/C33H32N8O3/c34-31-29-30(22-6-8-26(9-7-22)44-25-4-2-1-3-5-25)39-41(32(29)37-20-36-31)24-12-14-40(15-13-24)19-21-16-23(18-35-17-21)27-10-11-28(42)38-33(27)43/h1-9,16-18,20,24,27H,10-15,19H2,(H2,34,36,37)(H,38,42,43). The topological polar surface area (TPSA) is 141 Å². The molecule has 3 N–H and O–H groups in total. The number of fused-ring (bicyclic) bond motifs is 1. The van der Waals surface area contributed by atoms with Crippen molar-refractivity contribution in [2.45, 2.75) is 44.2 Å². The third-order valence-electron chi connectivity index (χ3n) is 8.39. The van der Waals surface area contributed by atoms with Crippen LogP contribution in [0.5, 0.6) is 11.5 Å². The van der Waals surface area contributed by atoms with E-state index in [2.05, 4.69) is 25.2 Å². The Balaban J connectivity index is 1.06. The SMILES string of the molecule is Nc1ncnc2c1c(-c1ccc(Oc3ccccc3)cc1)nn2C1CCN(Cc2cncc(C3CCC(=O)NC3=O)c2)CC1. The molecule has 222 valence electrons. The summed E-state index contributed by atoms with van der Waals surface area (Å²) in [6.07, 6.45) is 7.73. The quantitative estimate of drug-likeness (QED) is 0.261. The van der Waals surface area contributed by atoms with Gasteiger partial charge in [-0.15, -0.1) is 0 Å². The Labute approximate surface area is 254 Å². The average Bonchev–Trinajstić information content (AvgIpc) is 3.43. The summed E-state index contributed by atoms with van der Waals surface area (Å²) in [6.45, 7) is 2.48. The molecular formula is C33H32N8O3. The molecule has 1 atom stereocenters. The predicted molar refractivity (Wildman–Crippen MR) is 165 cm³/mol. The van der Waals surface area contributed by atoms with Crippen LogP contribution >= 0.6 is 0 Å². The van der Waals surface area contributed by atoms with E-state index in [-0.39, 0.29) is 23.8 Å². The first-order valence-corrected chi connectivity index (χ1v) is 14.8. The summed E-state index contributed by atoms with van der Waals surface area (Å²) >= 11 is 0. The highest BCUT2D eigenvalue weighted by atomic mass is 16.5. The minimum atomic E-state index is -0.338. The second-order valence-corrected chi connectivity index (χ2v) is 11.3. The molecule has 44 heavy (non-hydrogen) atoms. The highest BCUT2D eigenvalue weighted by Gasteiger charge is 2.29. The molecule has 11 nitrogen and oxygen atoms in total. The molecule has 0 aliphatic carbocycles. The normalized spacial score (nSPS) is 18.0. The third kappa shape index (κ3) is 5.61. The van der Waals surface area contributed by atoms with Crippen molar-refractivity contribution in [2.24, 2.45) is 0 Å². The Bertz CT molecular complexity index is 1810. The van der Waals surface area contributed by atoms with Gasteiger partial charge in [0.2, 0.25) is 11.8 Å². The van der Waals surface area contributed by atoms with Gasteiger partial charge in [0.15, 0.2) is 5.65 Å². The van der Waals surface area contributed by atoms with Gasteiger partial charge in [0.05, 0.1) is 17.3 Å². The van der Waals surface area contributed by atoms with E-state index < -0.39 is 0 Å². The molecule has 5 aromatic rings. The lowest BCUT2D eigenvalue weighted by molar-refractivity contribution is -0.134. The number of nitrogen functional groups attached to an aromatic ring is 1. The molecule has 2 aliphatic heterocycles. The maximum absolute atomic E-state index is 12.4. The number of para-hydroxylation sites is 1. The lowest BCUT2D eigenvalue weighted by atomic mass is 9.91. The molecule has 11 heteroatoms. The highest BCUT2D eigenvalue weighted by Crippen LogP contribution is 2.35. The summed E-state index contributed by atoms with van der Waals surface area (Å²) in [5.74, 6) is 1.12. The number of hydrogen-bond donors (Lipinski definition) is 2. The van der Waals surface area contributed by atoms with Gasteiger partial charge in [-0.1, -0.05) is 24.3 Å². The molecule has 1 unspecified atom stereocenters. The maximum Gasteiger partial charge on any atom is 0.234 e. The van der Waals surface area contributed by atoms with Gasteiger partial charge in [-0.05, 0) is 66.8 Å². The smallest absolute Gasteiger partial charge is 0.234 e. The summed E-state index contributed by atoms with van der Waals surface area (Å²) in [7, 11) is 0. The van der Waals surface area contributed by atoms with Crippen molar-refractivity contribution in [1.82, 2.24) is 34.9 Å². The van der Waals surface area contributed by atoms with Crippen molar-refractivity contribution in [3.63, 3.8) is 0 Å². The number of piperidine rings is 2. The zero-order chi connectivity index (χ0) is 30.0. The molecule has 0 saturated carbocycles. The number of nitrogens with two attached hydrogens (primary N) is 1. The van der Waals surface area contributed by atoms with Crippen LogP contribution in [0.15, 0.2) is 79.4 Å². The van der Waals surface area contributed by atoms with Crippen molar-refractivity contribution in [1.29, 1.82) is 0 Å². The summed E-state index contributed by atoms with van der Waals surface area (Å²) in [4.78, 5) is 39.6. The molecule has 7 rings (SSSR count). The largest absolute Gasteiger partial charge is 0.457 e. The molecule has 2 amide bonds. The number of nitrogens with zero attached hydrogens (tertiary/aromatic N) is 6. The van der Waals surface area contributed by atoms with Crippen LogP contribution in [0.2, 0.25) is 0 Å². The lowest BCUT2D eigenvalue weighted by Gasteiger charge is -2.32. The van der Waals surface area contributed by atoms with Gasteiger partial charge in [0.25, 0.3) is 0 Å². The van der Waals surface area contributed by atoms with Crippen LogP contribution in [-0.4, -0.2) is 54.5 Å². The van der Waals surface area contributed by atoms with Crippen LogP contribution in [0.4, 0.5) is 5.82 Å². The summed E-state index contributed by atoms with van der Waals surface area (Å²) in [5, 5.41) is 8.24. The number of aromatic nitrogens is 5. The number of carbonyl (C=O) groups excluding carboxylic acids is 2. The van der Waals surface area contributed by atoms with Gasteiger partial charge in [-0.3, -0.25) is 24.8 Å². The molecular weight excluding hydrogens is 556 g/mol. The van der Waals surface area contributed by atoms with Crippen molar-refractivity contribution >= 4 is 28.7 Å². The zero-order valence-electron chi connectivity index (χ0n) is 24.1. The molecule has 5 heterocycles. The van der Waals surface area contributed by atoms with Crippen molar-refractivity contribution in [3.05, 3.63) is 90.5 Å². The first kappa shape index (κ1) is 27.7. The van der Waals surface area contributed by atoms with Crippen LogP contribution in [0.3, 0.4) is 0 Å². The van der Waals surface area contributed by atoms with Gasteiger partial charge >= 0.3 is 0 Å². The van der Waals surface area contributed by atoms with Crippen molar-refractivity contribution in [3.8, 4) is 22.8 Å². The number of pyridine rings is 1. The highest BCUT2D eigenvalue weighted by molar-refractivity contribution is 6.01. The fraction of sp³-hybridized carbons (Fsp3) is 0.273. The molecule has 2 fully saturated rings. The summed E-state index contributed by atoms with van der Waals surface area (Å²) < 4.78 is 7.98. The summed E-state index contributed by atoms with van der Waals surface area (Å²) in [6, 6.07) is 19.7. The first-order valence-electron chi connectivity index (χ1n) is 14.8. The van der Waals surface area contributed by atoms with Gasteiger partial charge < -0.3 is 10.5 Å². The minimum absolute atomic E-state index is 0.158. The molecule has 3 aromatic heterocycles. The Morgan fingerprint density at radius 2 is 1.70 bits per heavy atom. The Kier molecular flexibility index (Phi) is 7.45. The van der Waals surface area contributed by atoms with E-state index in [4.69, 9.17) is 15.6 Å². The maximum atomic E-state index is 12.4. The first-order chi connectivity index (χ1) is 21.5. The van der Waals surface area contributed by atoms with Crippen molar-refractivity contribution in [2.75, 3.05) is 18.8 Å². The molecule has 0 radical (unpaired) electrons. The molecule has 0 spiro atoms. The fourth-order valence-corrected chi connectivity index (χ4v) is 6.13. The van der Waals surface area contributed by atoms with Gasteiger partial charge in [0.1, 0.15) is 29.3 Å².